The monoisotopic (exact) mass is 406 g/mol. The van der Waals surface area contributed by atoms with E-state index in [1.54, 1.807) is 17.0 Å². The van der Waals surface area contributed by atoms with E-state index >= 15 is 0 Å². The maximum Gasteiger partial charge on any atom is 0.250 e. The van der Waals surface area contributed by atoms with Crippen molar-refractivity contribution in [2.24, 2.45) is 11.1 Å². The molecule has 2 fully saturated rings. The van der Waals surface area contributed by atoms with Crippen molar-refractivity contribution < 1.29 is 22.4 Å². The molecular formula is C17H22F4N4OS. The smallest absolute Gasteiger partial charge is 0.250 e. The van der Waals surface area contributed by atoms with Gasteiger partial charge in [-0.2, -0.15) is 0 Å². The molecule has 10 heteroatoms. The Hall–Kier alpha value is -1.39. The Morgan fingerprint density at radius 1 is 1.22 bits per heavy atom. The topological polar surface area (TPSA) is 71.2 Å². The standard InChI is InChI=1S/C17H22F4N4OS/c18-16(19)4-7-25(8-5-16)13-1-3-17(20,21)10-12(13)15(26)24-11-2-6-23-14(9-11)27-22/h2,6,9,12-13H,1,3-5,7-8,10,22H2,(H,23,24,26)/t12-,13-/m1/s1. The van der Waals surface area contributed by atoms with Gasteiger partial charge in [0.05, 0.1) is 5.92 Å². The van der Waals surface area contributed by atoms with E-state index in [0.29, 0.717) is 10.7 Å². The summed E-state index contributed by atoms with van der Waals surface area (Å²) in [6.07, 6.45) is 0.0320. The number of piperidine rings is 1. The lowest BCUT2D eigenvalue weighted by Gasteiger charge is -2.44. The Labute approximate surface area is 159 Å². The van der Waals surface area contributed by atoms with Crippen molar-refractivity contribution in [3.8, 4) is 0 Å². The molecule has 1 saturated carbocycles. The predicted octanol–water partition coefficient (Wildman–Crippen LogP) is 3.52. The first kappa shape index (κ1) is 20.3. The highest BCUT2D eigenvalue weighted by Gasteiger charge is 2.48. The largest absolute Gasteiger partial charge is 0.326 e. The number of carbonyl (C=O) groups is 1. The number of nitrogens with zero attached hydrogens (tertiary/aromatic N) is 2. The van der Waals surface area contributed by atoms with Crippen LogP contribution in [0.15, 0.2) is 23.4 Å². The van der Waals surface area contributed by atoms with E-state index < -0.39 is 36.1 Å². The molecule has 0 radical (unpaired) electrons. The number of pyridine rings is 1. The summed E-state index contributed by atoms with van der Waals surface area (Å²) in [4.78, 5) is 18.5. The lowest BCUT2D eigenvalue weighted by Crippen LogP contribution is -2.54. The lowest BCUT2D eigenvalue weighted by atomic mass is 9.80. The quantitative estimate of drug-likeness (QED) is 0.591. The van der Waals surface area contributed by atoms with Gasteiger partial charge in [0.1, 0.15) is 5.03 Å². The van der Waals surface area contributed by atoms with E-state index in [1.165, 1.54) is 6.20 Å². The van der Waals surface area contributed by atoms with Crippen molar-refractivity contribution in [2.75, 3.05) is 18.4 Å². The molecule has 5 nitrogen and oxygen atoms in total. The van der Waals surface area contributed by atoms with E-state index in [0.717, 1.165) is 11.9 Å². The molecule has 1 aromatic heterocycles. The van der Waals surface area contributed by atoms with Gasteiger partial charge in [-0.1, -0.05) is 0 Å². The first-order chi connectivity index (χ1) is 12.7. The van der Waals surface area contributed by atoms with E-state index in [4.69, 9.17) is 5.14 Å². The highest BCUT2D eigenvalue weighted by atomic mass is 32.2. The molecule has 1 amide bonds. The molecule has 0 bridgehead atoms. The van der Waals surface area contributed by atoms with Gasteiger partial charge in [-0.25, -0.2) is 22.5 Å². The number of likely N-dealkylation sites (tertiary alicyclic amines) is 1. The minimum atomic E-state index is -2.94. The van der Waals surface area contributed by atoms with Gasteiger partial charge in [0.2, 0.25) is 11.8 Å². The first-order valence-corrected chi connectivity index (χ1v) is 9.70. The molecule has 2 heterocycles. The fourth-order valence-corrected chi connectivity index (χ4v) is 4.11. The highest BCUT2D eigenvalue weighted by Crippen LogP contribution is 2.41. The minimum Gasteiger partial charge on any atom is -0.326 e. The van der Waals surface area contributed by atoms with E-state index in [1.807, 2.05) is 0 Å². The number of nitrogens with two attached hydrogens (primary N) is 1. The van der Waals surface area contributed by atoms with Gasteiger partial charge in [-0.05, 0) is 30.5 Å². The highest BCUT2D eigenvalue weighted by molar-refractivity contribution is 7.97. The van der Waals surface area contributed by atoms with E-state index in [-0.39, 0.29) is 38.8 Å². The normalized spacial score (nSPS) is 27.9. The van der Waals surface area contributed by atoms with Crippen LogP contribution in [0, 0.1) is 5.92 Å². The number of carbonyl (C=O) groups excluding carboxylic acids is 1. The molecule has 1 saturated heterocycles. The third-order valence-electron chi connectivity index (χ3n) is 5.25. The van der Waals surface area contributed by atoms with Crippen LogP contribution in [0.1, 0.15) is 32.1 Å². The predicted molar refractivity (Wildman–Crippen MR) is 94.7 cm³/mol. The van der Waals surface area contributed by atoms with Crippen LogP contribution in [0.2, 0.25) is 0 Å². The van der Waals surface area contributed by atoms with Crippen molar-refractivity contribution in [3.05, 3.63) is 18.3 Å². The molecule has 27 heavy (non-hydrogen) atoms. The maximum absolute atomic E-state index is 14.0. The van der Waals surface area contributed by atoms with Gasteiger partial charge < -0.3 is 5.32 Å². The zero-order chi connectivity index (χ0) is 19.7. The molecule has 1 aromatic rings. The fourth-order valence-electron chi connectivity index (χ4n) is 3.79. The molecule has 2 aliphatic rings. The second kappa shape index (κ2) is 7.92. The van der Waals surface area contributed by atoms with Gasteiger partial charge in [0, 0.05) is 56.7 Å². The van der Waals surface area contributed by atoms with E-state index in [9.17, 15) is 22.4 Å². The fraction of sp³-hybridized carbons (Fsp3) is 0.647. The molecular weight excluding hydrogens is 384 g/mol. The zero-order valence-corrected chi connectivity index (χ0v) is 15.5. The number of hydrogen-bond donors (Lipinski definition) is 2. The Morgan fingerprint density at radius 3 is 2.59 bits per heavy atom. The summed E-state index contributed by atoms with van der Waals surface area (Å²) in [5.74, 6) is -7.16. The van der Waals surface area contributed by atoms with Crippen LogP contribution in [0.5, 0.6) is 0 Å². The van der Waals surface area contributed by atoms with Crippen LogP contribution in [-0.2, 0) is 4.79 Å². The summed E-state index contributed by atoms with van der Waals surface area (Å²) in [6.45, 7) is 0.215. The van der Waals surface area contributed by atoms with Crippen molar-refractivity contribution in [1.29, 1.82) is 0 Å². The van der Waals surface area contributed by atoms with Crippen LogP contribution in [0.3, 0.4) is 0 Å². The van der Waals surface area contributed by atoms with E-state index in [2.05, 4.69) is 10.3 Å². The Balaban J connectivity index is 1.74. The summed E-state index contributed by atoms with van der Waals surface area (Å²) in [5.41, 5.74) is 0.417. The average molecular weight is 406 g/mol. The number of anilines is 1. The number of aromatic nitrogens is 1. The van der Waals surface area contributed by atoms with Crippen LogP contribution in [0.4, 0.5) is 23.2 Å². The lowest BCUT2D eigenvalue weighted by molar-refractivity contribution is -0.137. The minimum absolute atomic E-state index is 0.107. The van der Waals surface area contributed by atoms with Gasteiger partial charge in [0.25, 0.3) is 5.92 Å². The second-order valence-corrected chi connectivity index (χ2v) is 7.81. The van der Waals surface area contributed by atoms with Crippen molar-refractivity contribution >= 4 is 23.5 Å². The van der Waals surface area contributed by atoms with Gasteiger partial charge in [-0.15, -0.1) is 0 Å². The molecule has 1 aliphatic carbocycles. The summed E-state index contributed by atoms with van der Waals surface area (Å²) in [6, 6.07) is 2.64. The molecule has 3 rings (SSSR count). The number of amides is 1. The molecule has 0 spiro atoms. The van der Waals surface area contributed by atoms with Crippen LogP contribution >= 0.6 is 11.9 Å². The maximum atomic E-state index is 14.0. The molecule has 150 valence electrons. The molecule has 1 aliphatic heterocycles. The SMILES string of the molecule is NSc1cc(NC(=O)[C@@H]2CC(F)(F)CC[C@H]2N2CCC(F)(F)CC2)ccn1. The summed E-state index contributed by atoms with van der Waals surface area (Å²) >= 11 is 0.907. The third kappa shape index (κ3) is 5.11. The number of rotatable bonds is 4. The van der Waals surface area contributed by atoms with Crippen molar-refractivity contribution in [2.45, 2.75) is 55.0 Å². The molecule has 2 atom stereocenters. The van der Waals surface area contributed by atoms with Crippen molar-refractivity contribution in [1.82, 2.24) is 9.88 Å². The Morgan fingerprint density at radius 2 is 1.93 bits per heavy atom. The second-order valence-electron chi connectivity index (χ2n) is 7.15. The van der Waals surface area contributed by atoms with Gasteiger partial charge in [0.15, 0.2) is 0 Å². The molecule has 3 N–H and O–H groups in total. The molecule has 0 aromatic carbocycles. The Kier molecular flexibility index (Phi) is 5.97. The van der Waals surface area contributed by atoms with Crippen LogP contribution < -0.4 is 10.5 Å². The van der Waals surface area contributed by atoms with Crippen LogP contribution in [0.25, 0.3) is 0 Å². The third-order valence-corrected chi connectivity index (χ3v) is 5.71. The zero-order valence-electron chi connectivity index (χ0n) is 14.6. The summed E-state index contributed by atoms with van der Waals surface area (Å²) in [7, 11) is 0. The molecule has 0 unspecified atom stereocenters. The number of halogens is 4. The van der Waals surface area contributed by atoms with Crippen molar-refractivity contribution in [3.63, 3.8) is 0 Å². The number of alkyl halides is 4. The average Bonchev–Trinajstić information content (AvgIpc) is 2.61. The summed E-state index contributed by atoms with van der Waals surface area (Å²) in [5, 5.41) is 8.58. The first-order valence-electron chi connectivity index (χ1n) is 8.82. The van der Waals surface area contributed by atoms with Crippen LogP contribution in [-0.4, -0.2) is 46.8 Å². The summed E-state index contributed by atoms with van der Waals surface area (Å²) < 4.78 is 54.9. The van der Waals surface area contributed by atoms with Gasteiger partial charge in [-0.3, -0.25) is 14.8 Å². The number of hydrogen-bond acceptors (Lipinski definition) is 5. The Bertz CT molecular complexity index is 681. The van der Waals surface area contributed by atoms with Gasteiger partial charge >= 0.3 is 0 Å². The number of nitrogens with one attached hydrogen (secondary N) is 1.